The lowest BCUT2D eigenvalue weighted by Gasteiger charge is -2.48. The Hall–Kier alpha value is -1.69. The van der Waals surface area contributed by atoms with Crippen molar-refractivity contribution in [3.8, 4) is 0 Å². The number of nitrogens with one attached hydrogen (secondary N) is 1. The van der Waals surface area contributed by atoms with E-state index in [9.17, 15) is 9.90 Å². The minimum absolute atomic E-state index is 0.00372. The molecule has 0 radical (unpaired) electrons. The number of allylic oxidation sites excluding steroid dienone is 2. The third-order valence-corrected chi connectivity index (χ3v) is 5.80. The molecular formula is C22H32N2O3. The van der Waals surface area contributed by atoms with Crippen LogP contribution in [0.1, 0.15) is 50.2 Å². The Kier molecular flexibility index (Phi) is 6.68. The van der Waals surface area contributed by atoms with Crippen LogP contribution in [-0.4, -0.2) is 60.9 Å². The molecule has 0 bridgehead atoms. The highest BCUT2D eigenvalue weighted by Crippen LogP contribution is 2.35. The first-order valence-electron chi connectivity index (χ1n) is 9.99. The van der Waals surface area contributed by atoms with Gasteiger partial charge < -0.3 is 20.1 Å². The number of aliphatic hydroxyl groups excluding tert-OH is 1. The highest BCUT2D eigenvalue weighted by Gasteiger charge is 2.42. The summed E-state index contributed by atoms with van der Waals surface area (Å²) in [6, 6.07) is 9.07. The van der Waals surface area contributed by atoms with Crippen LogP contribution in [0.15, 0.2) is 30.3 Å². The van der Waals surface area contributed by atoms with E-state index >= 15 is 0 Å². The van der Waals surface area contributed by atoms with Crippen molar-refractivity contribution in [3.63, 3.8) is 0 Å². The predicted molar refractivity (Wildman–Crippen MR) is 108 cm³/mol. The second kappa shape index (κ2) is 9.00. The van der Waals surface area contributed by atoms with E-state index in [-0.39, 0.29) is 43.2 Å². The third kappa shape index (κ3) is 4.42. The zero-order valence-electron chi connectivity index (χ0n) is 16.6. The van der Waals surface area contributed by atoms with E-state index in [2.05, 4.69) is 35.7 Å². The number of ether oxygens (including phenoxy) is 1. The van der Waals surface area contributed by atoms with Gasteiger partial charge in [0.1, 0.15) is 6.61 Å². The van der Waals surface area contributed by atoms with Gasteiger partial charge in [-0.2, -0.15) is 0 Å². The maximum absolute atomic E-state index is 12.4. The van der Waals surface area contributed by atoms with Gasteiger partial charge in [0, 0.05) is 37.7 Å². The Morgan fingerprint density at radius 1 is 1.30 bits per heavy atom. The van der Waals surface area contributed by atoms with E-state index in [1.54, 1.807) is 7.11 Å². The Bertz CT molecular complexity index is 669. The van der Waals surface area contributed by atoms with E-state index in [0.717, 1.165) is 6.42 Å². The second-order valence-electron chi connectivity index (χ2n) is 7.90. The summed E-state index contributed by atoms with van der Waals surface area (Å²) in [5.41, 5.74) is 3.97. The SMILES string of the molecule is COCC(=O)N(C[C@@H]1N[C@@H](CO)[C@H]1c1ccc(C2=CCCC2)cc1)C(C)C. The molecule has 1 saturated heterocycles. The van der Waals surface area contributed by atoms with Crippen molar-refractivity contribution in [2.24, 2.45) is 0 Å². The Morgan fingerprint density at radius 3 is 2.59 bits per heavy atom. The maximum atomic E-state index is 12.4. The summed E-state index contributed by atoms with van der Waals surface area (Å²) in [6.45, 7) is 4.86. The zero-order chi connectivity index (χ0) is 19.4. The monoisotopic (exact) mass is 372 g/mol. The van der Waals surface area contributed by atoms with Gasteiger partial charge in [0.15, 0.2) is 0 Å². The summed E-state index contributed by atoms with van der Waals surface area (Å²) in [4.78, 5) is 14.2. The quantitative estimate of drug-likeness (QED) is 0.736. The maximum Gasteiger partial charge on any atom is 0.248 e. The van der Waals surface area contributed by atoms with Crippen LogP contribution >= 0.6 is 0 Å². The highest BCUT2D eigenvalue weighted by molar-refractivity contribution is 5.77. The van der Waals surface area contributed by atoms with Gasteiger partial charge in [-0.15, -0.1) is 0 Å². The van der Waals surface area contributed by atoms with Gasteiger partial charge >= 0.3 is 0 Å². The number of hydrogen-bond donors (Lipinski definition) is 2. The fourth-order valence-electron chi connectivity index (χ4n) is 4.31. The first kappa shape index (κ1) is 20.1. The van der Waals surface area contributed by atoms with Crippen LogP contribution < -0.4 is 5.32 Å². The number of amides is 1. The van der Waals surface area contributed by atoms with Gasteiger partial charge in [-0.25, -0.2) is 0 Å². The number of carbonyl (C=O) groups excluding carboxylic acids is 1. The van der Waals surface area contributed by atoms with Crippen LogP contribution in [0.3, 0.4) is 0 Å². The molecule has 3 atom stereocenters. The highest BCUT2D eigenvalue weighted by atomic mass is 16.5. The van der Waals surface area contributed by atoms with E-state index < -0.39 is 0 Å². The molecule has 1 fully saturated rings. The van der Waals surface area contributed by atoms with Crippen LogP contribution in [0, 0.1) is 0 Å². The molecule has 1 aromatic rings. The smallest absolute Gasteiger partial charge is 0.248 e. The normalized spacial score (nSPS) is 24.6. The number of hydrogen-bond acceptors (Lipinski definition) is 4. The van der Waals surface area contributed by atoms with E-state index in [0.29, 0.717) is 6.54 Å². The van der Waals surface area contributed by atoms with Gasteiger partial charge in [0.05, 0.1) is 6.61 Å². The van der Waals surface area contributed by atoms with Crippen LogP contribution in [0.4, 0.5) is 0 Å². The summed E-state index contributed by atoms with van der Waals surface area (Å²) in [7, 11) is 1.55. The molecule has 1 aromatic carbocycles. The van der Waals surface area contributed by atoms with Crippen molar-refractivity contribution in [1.82, 2.24) is 10.2 Å². The molecule has 1 amide bonds. The lowest BCUT2D eigenvalue weighted by Crippen LogP contribution is -2.65. The van der Waals surface area contributed by atoms with Crippen molar-refractivity contribution < 1.29 is 14.6 Å². The molecule has 0 unspecified atom stereocenters. The van der Waals surface area contributed by atoms with E-state index in [4.69, 9.17) is 4.74 Å². The molecule has 1 aliphatic heterocycles. The molecule has 1 heterocycles. The summed E-state index contributed by atoms with van der Waals surface area (Å²) < 4.78 is 5.03. The number of carbonyl (C=O) groups is 1. The molecular weight excluding hydrogens is 340 g/mol. The van der Waals surface area contributed by atoms with Gasteiger partial charge in [-0.05, 0) is 49.8 Å². The Balaban J connectivity index is 1.72. The van der Waals surface area contributed by atoms with Crippen LogP contribution in [0.2, 0.25) is 0 Å². The van der Waals surface area contributed by atoms with Crippen molar-refractivity contribution in [3.05, 3.63) is 41.5 Å². The van der Waals surface area contributed by atoms with Gasteiger partial charge in [0.2, 0.25) is 5.91 Å². The molecule has 1 aliphatic carbocycles. The van der Waals surface area contributed by atoms with Crippen LogP contribution in [0.5, 0.6) is 0 Å². The average molecular weight is 373 g/mol. The minimum atomic E-state index is 0.00372. The number of methoxy groups -OCH3 is 1. The molecule has 0 aromatic heterocycles. The summed E-state index contributed by atoms with van der Waals surface area (Å²) in [6.07, 6.45) is 5.93. The largest absolute Gasteiger partial charge is 0.395 e. The number of benzene rings is 1. The van der Waals surface area contributed by atoms with E-state index in [1.165, 1.54) is 29.5 Å². The topological polar surface area (TPSA) is 61.8 Å². The fourth-order valence-corrected chi connectivity index (χ4v) is 4.31. The van der Waals surface area contributed by atoms with Crippen molar-refractivity contribution >= 4 is 11.5 Å². The molecule has 5 heteroatoms. The van der Waals surface area contributed by atoms with Crippen LogP contribution in [-0.2, 0) is 9.53 Å². The summed E-state index contributed by atoms with van der Waals surface area (Å²) in [5, 5.41) is 13.2. The Morgan fingerprint density at radius 2 is 2.04 bits per heavy atom. The van der Waals surface area contributed by atoms with E-state index in [1.807, 2.05) is 18.7 Å². The van der Waals surface area contributed by atoms with Gasteiger partial charge in [-0.3, -0.25) is 4.79 Å². The predicted octanol–water partition coefficient (Wildman–Crippen LogP) is 2.55. The van der Waals surface area contributed by atoms with Gasteiger partial charge in [0.25, 0.3) is 0 Å². The molecule has 3 rings (SSSR count). The molecule has 27 heavy (non-hydrogen) atoms. The molecule has 2 N–H and O–H groups in total. The Labute approximate surface area is 162 Å². The second-order valence-corrected chi connectivity index (χ2v) is 7.90. The lowest BCUT2D eigenvalue weighted by molar-refractivity contribution is -0.138. The number of aliphatic hydroxyl groups is 1. The zero-order valence-corrected chi connectivity index (χ0v) is 16.6. The molecule has 148 valence electrons. The fraction of sp³-hybridized carbons (Fsp3) is 0.591. The number of rotatable bonds is 8. The first-order valence-corrected chi connectivity index (χ1v) is 9.99. The van der Waals surface area contributed by atoms with Crippen molar-refractivity contribution in [1.29, 1.82) is 0 Å². The molecule has 2 aliphatic rings. The molecule has 0 saturated carbocycles. The summed E-state index contributed by atoms with van der Waals surface area (Å²) in [5.74, 6) is 0.210. The number of nitrogens with zero attached hydrogens (tertiary/aromatic N) is 1. The minimum Gasteiger partial charge on any atom is -0.395 e. The third-order valence-electron chi connectivity index (χ3n) is 5.80. The summed E-state index contributed by atoms with van der Waals surface area (Å²) >= 11 is 0. The lowest BCUT2D eigenvalue weighted by atomic mass is 9.77. The van der Waals surface area contributed by atoms with Crippen molar-refractivity contribution in [2.45, 2.75) is 57.2 Å². The van der Waals surface area contributed by atoms with Crippen LogP contribution in [0.25, 0.3) is 5.57 Å². The first-order chi connectivity index (χ1) is 13.0. The molecule has 0 spiro atoms. The average Bonchev–Trinajstić information content (AvgIpc) is 3.16. The van der Waals surface area contributed by atoms with Gasteiger partial charge in [-0.1, -0.05) is 30.3 Å². The van der Waals surface area contributed by atoms with Crippen molar-refractivity contribution in [2.75, 3.05) is 26.9 Å². The molecule has 5 nitrogen and oxygen atoms in total. The standard InChI is InChI=1S/C22H32N2O3/c1-15(2)24(21(26)14-27-3)12-19-22(20(13-25)23-19)18-10-8-17(9-11-18)16-6-4-5-7-16/h6,8-11,15,19-20,22-23,25H,4-5,7,12-14H2,1-3H3/t19-,20-,22-/m0/s1.